The number of hydrogen-bond donors (Lipinski definition) is 2. The molecule has 2 rings (SSSR count). The maximum absolute atomic E-state index is 11.8. The van der Waals surface area contributed by atoms with E-state index in [1.54, 1.807) is 13.1 Å². The largest absolute Gasteiger partial charge is 0.353 e. The number of aromatic nitrogens is 2. The number of rotatable bonds is 6. The number of nitrogens with one attached hydrogen (secondary N) is 2. The van der Waals surface area contributed by atoms with Crippen molar-refractivity contribution in [3.63, 3.8) is 0 Å². The van der Waals surface area contributed by atoms with Crippen LogP contribution in [0.1, 0.15) is 0 Å². The van der Waals surface area contributed by atoms with Crippen molar-refractivity contribution in [1.29, 1.82) is 0 Å². The lowest BCUT2D eigenvalue weighted by atomic mass is 10.1. The molecule has 21 heavy (non-hydrogen) atoms. The smallest absolute Gasteiger partial charge is 0.266 e. The van der Waals surface area contributed by atoms with Crippen LogP contribution in [-0.4, -0.2) is 35.8 Å². The van der Waals surface area contributed by atoms with Crippen molar-refractivity contribution in [2.75, 3.05) is 20.1 Å². The lowest BCUT2D eigenvalue weighted by molar-refractivity contribution is -0.120. The molecule has 0 radical (unpaired) electrons. The predicted octanol–water partition coefficient (Wildman–Crippen LogP) is 0.246. The van der Waals surface area contributed by atoms with Crippen molar-refractivity contribution in [3.05, 3.63) is 52.8 Å². The van der Waals surface area contributed by atoms with Crippen molar-refractivity contribution < 1.29 is 4.79 Å². The van der Waals surface area contributed by atoms with Gasteiger partial charge in [0, 0.05) is 18.2 Å². The standard InChI is InChI=1S/C15H18N4O2/c1-16-11-14(20)17-9-10-19-15(21)8-7-13(18-19)12-5-3-2-4-6-12/h2-8,16H,9-11H2,1H3,(H,17,20). The second kappa shape index (κ2) is 7.35. The second-order valence-corrected chi connectivity index (χ2v) is 4.53. The van der Waals surface area contributed by atoms with Gasteiger partial charge in [-0.15, -0.1) is 0 Å². The summed E-state index contributed by atoms with van der Waals surface area (Å²) in [5.74, 6) is -0.107. The van der Waals surface area contributed by atoms with Gasteiger partial charge < -0.3 is 10.6 Å². The quantitative estimate of drug-likeness (QED) is 0.798. The Labute approximate surface area is 122 Å². The second-order valence-electron chi connectivity index (χ2n) is 4.53. The molecule has 0 aliphatic rings. The summed E-state index contributed by atoms with van der Waals surface area (Å²) in [4.78, 5) is 23.1. The fourth-order valence-electron chi connectivity index (χ4n) is 1.90. The van der Waals surface area contributed by atoms with Gasteiger partial charge in [-0.25, -0.2) is 4.68 Å². The number of amides is 1. The molecule has 0 spiro atoms. The van der Waals surface area contributed by atoms with Crippen molar-refractivity contribution in [2.45, 2.75) is 6.54 Å². The fraction of sp³-hybridized carbons (Fsp3) is 0.267. The Hall–Kier alpha value is -2.47. The molecule has 1 amide bonds. The normalized spacial score (nSPS) is 10.3. The molecule has 0 aliphatic heterocycles. The summed E-state index contributed by atoms with van der Waals surface area (Å²) in [7, 11) is 1.70. The molecule has 1 heterocycles. The minimum Gasteiger partial charge on any atom is -0.353 e. The zero-order valence-corrected chi connectivity index (χ0v) is 11.9. The van der Waals surface area contributed by atoms with Gasteiger partial charge in [0.1, 0.15) is 0 Å². The maximum atomic E-state index is 11.8. The summed E-state index contributed by atoms with van der Waals surface area (Å²) < 4.78 is 1.36. The van der Waals surface area contributed by atoms with Gasteiger partial charge in [0.05, 0.1) is 18.8 Å². The minimum atomic E-state index is -0.183. The van der Waals surface area contributed by atoms with Gasteiger partial charge in [0.15, 0.2) is 0 Å². The molecular weight excluding hydrogens is 268 g/mol. The van der Waals surface area contributed by atoms with Crippen LogP contribution < -0.4 is 16.2 Å². The van der Waals surface area contributed by atoms with E-state index < -0.39 is 0 Å². The van der Waals surface area contributed by atoms with E-state index in [-0.39, 0.29) is 18.0 Å². The molecule has 2 N–H and O–H groups in total. The number of hydrogen-bond acceptors (Lipinski definition) is 4. The van der Waals surface area contributed by atoms with Crippen LogP contribution in [0.5, 0.6) is 0 Å². The SMILES string of the molecule is CNCC(=O)NCCn1nc(-c2ccccc2)ccc1=O. The highest BCUT2D eigenvalue weighted by Crippen LogP contribution is 2.13. The van der Waals surface area contributed by atoms with E-state index in [9.17, 15) is 9.59 Å². The van der Waals surface area contributed by atoms with E-state index in [0.29, 0.717) is 13.1 Å². The van der Waals surface area contributed by atoms with Gasteiger partial charge in [-0.3, -0.25) is 9.59 Å². The van der Waals surface area contributed by atoms with Gasteiger partial charge in [0.25, 0.3) is 5.56 Å². The molecule has 6 heteroatoms. The molecule has 0 bridgehead atoms. The zero-order chi connectivity index (χ0) is 15.1. The van der Waals surface area contributed by atoms with Crippen molar-refractivity contribution in [3.8, 4) is 11.3 Å². The average molecular weight is 286 g/mol. The summed E-state index contributed by atoms with van der Waals surface area (Å²) in [6, 6.07) is 12.8. The first-order valence-corrected chi connectivity index (χ1v) is 6.75. The maximum Gasteiger partial charge on any atom is 0.266 e. The zero-order valence-electron chi connectivity index (χ0n) is 11.9. The molecule has 1 aromatic carbocycles. The Morgan fingerprint density at radius 2 is 1.95 bits per heavy atom. The van der Waals surface area contributed by atoms with Gasteiger partial charge in [0.2, 0.25) is 5.91 Å². The molecular formula is C15H18N4O2. The third kappa shape index (κ3) is 4.25. The predicted molar refractivity (Wildman–Crippen MR) is 80.9 cm³/mol. The Bertz CT molecular complexity index is 652. The van der Waals surface area contributed by atoms with Crippen molar-refractivity contribution >= 4 is 5.91 Å². The molecule has 1 aromatic heterocycles. The van der Waals surface area contributed by atoms with Gasteiger partial charge >= 0.3 is 0 Å². The van der Waals surface area contributed by atoms with Crippen molar-refractivity contribution in [1.82, 2.24) is 20.4 Å². The van der Waals surface area contributed by atoms with Crippen LogP contribution >= 0.6 is 0 Å². The summed E-state index contributed by atoms with van der Waals surface area (Å²) in [5, 5.41) is 9.80. The summed E-state index contributed by atoms with van der Waals surface area (Å²) in [5.41, 5.74) is 1.50. The third-order valence-electron chi connectivity index (χ3n) is 2.92. The number of nitrogens with zero attached hydrogens (tertiary/aromatic N) is 2. The summed E-state index contributed by atoms with van der Waals surface area (Å²) in [6.45, 7) is 0.965. The van der Waals surface area contributed by atoms with Gasteiger partial charge in [-0.2, -0.15) is 5.10 Å². The Balaban J connectivity index is 2.06. The highest BCUT2D eigenvalue weighted by molar-refractivity contribution is 5.77. The first-order valence-electron chi connectivity index (χ1n) is 6.75. The Kier molecular flexibility index (Phi) is 5.22. The minimum absolute atomic E-state index is 0.107. The number of benzene rings is 1. The van der Waals surface area contributed by atoms with E-state index in [2.05, 4.69) is 15.7 Å². The van der Waals surface area contributed by atoms with E-state index in [4.69, 9.17) is 0 Å². The highest BCUT2D eigenvalue weighted by atomic mass is 16.2. The summed E-state index contributed by atoms with van der Waals surface area (Å²) in [6.07, 6.45) is 0. The van der Waals surface area contributed by atoms with Gasteiger partial charge in [-0.1, -0.05) is 30.3 Å². The molecule has 0 unspecified atom stereocenters. The van der Waals surface area contributed by atoms with Crippen molar-refractivity contribution in [2.24, 2.45) is 0 Å². The molecule has 0 saturated carbocycles. The topological polar surface area (TPSA) is 76.0 Å². The summed E-state index contributed by atoms with van der Waals surface area (Å²) >= 11 is 0. The monoisotopic (exact) mass is 286 g/mol. The fourth-order valence-corrected chi connectivity index (χ4v) is 1.90. The lowest BCUT2D eigenvalue weighted by Gasteiger charge is -2.08. The van der Waals surface area contributed by atoms with Gasteiger partial charge in [-0.05, 0) is 13.1 Å². The molecule has 2 aromatic rings. The van der Waals surface area contributed by atoms with Crippen LogP contribution in [0.2, 0.25) is 0 Å². The van der Waals surface area contributed by atoms with Crippen LogP contribution in [0.4, 0.5) is 0 Å². The third-order valence-corrected chi connectivity index (χ3v) is 2.92. The highest BCUT2D eigenvalue weighted by Gasteiger charge is 2.04. The van der Waals surface area contributed by atoms with E-state index >= 15 is 0 Å². The molecule has 0 saturated heterocycles. The van der Waals surface area contributed by atoms with E-state index in [0.717, 1.165) is 11.3 Å². The Morgan fingerprint density at radius 1 is 1.19 bits per heavy atom. The molecule has 0 aliphatic carbocycles. The van der Waals surface area contributed by atoms with Crippen LogP contribution in [0, 0.1) is 0 Å². The van der Waals surface area contributed by atoms with Crippen LogP contribution in [0.25, 0.3) is 11.3 Å². The average Bonchev–Trinajstić information content (AvgIpc) is 2.50. The molecule has 6 nitrogen and oxygen atoms in total. The molecule has 0 fully saturated rings. The number of carbonyl (C=O) groups excluding carboxylic acids is 1. The lowest BCUT2D eigenvalue weighted by Crippen LogP contribution is -2.36. The first kappa shape index (κ1) is 14.9. The number of likely N-dealkylation sites (N-methyl/N-ethyl adjacent to an activating group) is 1. The van der Waals surface area contributed by atoms with Crippen LogP contribution in [0.15, 0.2) is 47.3 Å². The first-order chi connectivity index (χ1) is 10.2. The Morgan fingerprint density at radius 3 is 2.67 bits per heavy atom. The molecule has 110 valence electrons. The van der Waals surface area contributed by atoms with Crippen LogP contribution in [0.3, 0.4) is 0 Å². The van der Waals surface area contributed by atoms with E-state index in [1.165, 1.54) is 10.7 Å². The van der Waals surface area contributed by atoms with E-state index in [1.807, 2.05) is 30.3 Å². The number of carbonyl (C=O) groups is 1. The van der Waals surface area contributed by atoms with Crippen LogP contribution in [-0.2, 0) is 11.3 Å². The molecule has 0 atom stereocenters.